The molecule has 2 N–H and O–H groups in total. The zero-order valence-electron chi connectivity index (χ0n) is 8.91. The number of carbonyl (C=O) groups is 1. The average molecular weight is 214 g/mol. The Kier molecular flexibility index (Phi) is 3.56. The van der Waals surface area contributed by atoms with E-state index in [2.05, 4.69) is 15.5 Å². The molecule has 0 radical (unpaired) electrons. The number of hydrazine groups is 1. The summed E-state index contributed by atoms with van der Waals surface area (Å²) in [5, 5.41) is 11.9. The molecule has 1 aromatic rings. The Labute approximate surface area is 86.9 Å². The van der Waals surface area contributed by atoms with E-state index in [-0.39, 0.29) is 12.6 Å². The minimum Gasteiger partial charge on any atom is -0.462 e. The van der Waals surface area contributed by atoms with E-state index in [9.17, 15) is 4.79 Å². The summed E-state index contributed by atoms with van der Waals surface area (Å²) in [5.74, 6) is 5.35. The molecule has 15 heavy (non-hydrogen) atoms. The van der Waals surface area contributed by atoms with Crippen LogP contribution >= 0.6 is 0 Å². The summed E-state index contributed by atoms with van der Waals surface area (Å²) in [6.07, 6.45) is -0.159. The number of hydrogen-bond acceptors (Lipinski definition) is 7. The van der Waals surface area contributed by atoms with Crippen molar-refractivity contribution in [1.29, 1.82) is 0 Å². The van der Waals surface area contributed by atoms with Gasteiger partial charge in [-0.1, -0.05) is 5.10 Å². The van der Waals surface area contributed by atoms with Crippen LogP contribution in [-0.2, 0) is 16.1 Å². The van der Waals surface area contributed by atoms with Crippen LogP contribution in [0.25, 0.3) is 0 Å². The van der Waals surface area contributed by atoms with Crippen molar-refractivity contribution >= 4 is 11.9 Å². The summed E-state index contributed by atoms with van der Waals surface area (Å²) in [6.45, 7) is 3.49. The van der Waals surface area contributed by atoms with Crippen molar-refractivity contribution in [3.8, 4) is 0 Å². The van der Waals surface area contributed by atoms with Gasteiger partial charge < -0.3 is 4.74 Å². The fourth-order valence-corrected chi connectivity index (χ4v) is 0.977. The summed E-state index contributed by atoms with van der Waals surface area (Å²) in [7, 11) is 1.58. The molecule has 0 spiro atoms. The van der Waals surface area contributed by atoms with Crippen LogP contribution in [0.2, 0.25) is 0 Å². The molecule has 1 heterocycles. The van der Waals surface area contributed by atoms with Gasteiger partial charge in [0, 0.05) is 7.05 Å². The van der Waals surface area contributed by atoms with Crippen LogP contribution in [-0.4, -0.2) is 39.3 Å². The Hall–Kier alpha value is -1.70. The van der Waals surface area contributed by atoms with Crippen LogP contribution in [0.15, 0.2) is 0 Å². The first-order valence-corrected chi connectivity index (χ1v) is 4.44. The lowest BCUT2D eigenvalue weighted by molar-refractivity contribution is -0.148. The molecule has 1 rings (SSSR count). The molecule has 0 amide bonds. The Balaban J connectivity index is 2.64. The van der Waals surface area contributed by atoms with Gasteiger partial charge in [0.25, 0.3) is 5.95 Å². The fraction of sp³-hybridized carbons (Fsp3) is 0.714. The maximum absolute atomic E-state index is 11.3. The number of nitrogens with two attached hydrogens (primary N) is 1. The van der Waals surface area contributed by atoms with E-state index in [0.717, 1.165) is 0 Å². The lowest BCUT2D eigenvalue weighted by Crippen LogP contribution is -2.30. The summed E-state index contributed by atoms with van der Waals surface area (Å²) in [5.41, 5.74) is 0. The number of carbonyl (C=O) groups excluding carboxylic acids is 1. The smallest absolute Gasteiger partial charge is 0.328 e. The van der Waals surface area contributed by atoms with E-state index in [4.69, 9.17) is 10.6 Å². The molecule has 0 aliphatic heterocycles. The van der Waals surface area contributed by atoms with E-state index in [1.54, 1.807) is 20.9 Å². The van der Waals surface area contributed by atoms with Crippen LogP contribution in [0, 0.1) is 0 Å². The molecule has 0 fully saturated rings. The minimum atomic E-state index is -0.402. The molecule has 0 aromatic carbocycles. The average Bonchev–Trinajstić information content (AvgIpc) is 2.50. The van der Waals surface area contributed by atoms with Gasteiger partial charge in [0.2, 0.25) is 0 Å². The highest BCUT2D eigenvalue weighted by Crippen LogP contribution is 2.02. The predicted molar refractivity (Wildman–Crippen MR) is 51.6 cm³/mol. The van der Waals surface area contributed by atoms with Crippen molar-refractivity contribution in [3.63, 3.8) is 0 Å². The van der Waals surface area contributed by atoms with Gasteiger partial charge in [0.15, 0.2) is 0 Å². The van der Waals surface area contributed by atoms with Crippen LogP contribution < -0.4 is 10.9 Å². The van der Waals surface area contributed by atoms with Crippen LogP contribution in [0.3, 0.4) is 0 Å². The van der Waals surface area contributed by atoms with E-state index < -0.39 is 5.97 Å². The van der Waals surface area contributed by atoms with Crippen molar-refractivity contribution in [1.82, 2.24) is 20.2 Å². The lowest BCUT2D eigenvalue weighted by Gasteiger charge is -2.11. The van der Waals surface area contributed by atoms with E-state index in [0.29, 0.717) is 5.95 Å². The highest BCUT2D eigenvalue weighted by molar-refractivity contribution is 5.69. The molecular formula is C7H14N6O2. The Morgan fingerprint density at radius 2 is 2.33 bits per heavy atom. The normalized spacial score (nSPS) is 10.5. The molecule has 0 bridgehead atoms. The van der Waals surface area contributed by atoms with E-state index in [1.807, 2.05) is 0 Å². The highest BCUT2D eigenvalue weighted by Gasteiger charge is 2.13. The highest BCUT2D eigenvalue weighted by atomic mass is 16.5. The number of hydrogen-bond donors (Lipinski definition) is 1. The maximum atomic E-state index is 11.3. The monoisotopic (exact) mass is 214 g/mol. The fourth-order valence-electron chi connectivity index (χ4n) is 0.977. The third-order valence-corrected chi connectivity index (χ3v) is 1.47. The molecule has 0 aliphatic carbocycles. The number of rotatable bonds is 4. The van der Waals surface area contributed by atoms with Gasteiger partial charge in [0.05, 0.1) is 6.10 Å². The third-order valence-electron chi connectivity index (χ3n) is 1.47. The third kappa shape index (κ3) is 3.17. The standard InChI is InChI=1S/C7H14N6O2/c1-5(2)15-6(14)4-13-7(12(3)8)9-10-11-13/h5H,4,8H2,1-3H3. The quantitative estimate of drug-likeness (QED) is 0.387. The van der Waals surface area contributed by atoms with Gasteiger partial charge in [-0.3, -0.25) is 9.80 Å². The van der Waals surface area contributed by atoms with Gasteiger partial charge in [0.1, 0.15) is 6.54 Å². The zero-order chi connectivity index (χ0) is 11.4. The molecule has 0 unspecified atom stereocenters. The zero-order valence-corrected chi connectivity index (χ0v) is 8.91. The molecule has 0 aliphatic rings. The first kappa shape index (κ1) is 11.4. The number of nitrogens with zero attached hydrogens (tertiary/aromatic N) is 5. The molecular weight excluding hydrogens is 200 g/mol. The largest absolute Gasteiger partial charge is 0.462 e. The van der Waals surface area contributed by atoms with Crippen LogP contribution in [0.4, 0.5) is 5.95 Å². The van der Waals surface area contributed by atoms with E-state index in [1.165, 1.54) is 9.69 Å². The molecule has 1 aromatic heterocycles. The molecule has 8 nitrogen and oxygen atoms in total. The molecule has 0 atom stereocenters. The second-order valence-electron chi connectivity index (χ2n) is 3.29. The van der Waals surface area contributed by atoms with Crippen LogP contribution in [0.5, 0.6) is 0 Å². The van der Waals surface area contributed by atoms with E-state index >= 15 is 0 Å². The number of anilines is 1. The van der Waals surface area contributed by atoms with Gasteiger partial charge in [-0.2, -0.15) is 4.68 Å². The van der Waals surface area contributed by atoms with Crippen molar-refractivity contribution < 1.29 is 9.53 Å². The number of ether oxygens (including phenoxy) is 1. The summed E-state index contributed by atoms with van der Waals surface area (Å²) < 4.78 is 6.21. The topological polar surface area (TPSA) is 99.2 Å². The molecule has 0 saturated heterocycles. The van der Waals surface area contributed by atoms with Gasteiger partial charge in [-0.05, 0) is 24.3 Å². The first-order chi connectivity index (χ1) is 7.00. The van der Waals surface area contributed by atoms with Crippen LogP contribution in [0.1, 0.15) is 13.8 Å². The molecule has 84 valence electrons. The van der Waals surface area contributed by atoms with Crippen molar-refractivity contribution in [3.05, 3.63) is 0 Å². The van der Waals surface area contributed by atoms with Gasteiger partial charge in [-0.25, -0.2) is 5.84 Å². The maximum Gasteiger partial charge on any atom is 0.328 e. The Morgan fingerprint density at radius 1 is 1.67 bits per heavy atom. The predicted octanol–water partition coefficient (Wildman–Crippen LogP) is -1.07. The van der Waals surface area contributed by atoms with Crippen molar-refractivity contribution in [2.24, 2.45) is 5.84 Å². The Bertz CT molecular complexity index is 334. The van der Waals surface area contributed by atoms with Gasteiger partial charge >= 0.3 is 5.97 Å². The van der Waals surface area contributed by atoms with Crippen molar-refractivity contribution in [2.45, 2.75) is 26.5 Å². The van der Waals surface area contributed by atoms with Crippen molar-refractivity contribution in [2.75, 3.05) is 12.1 Å². The second kappa shape index (κ2) is 4.69. The summed E-state index contributed by atoms with van der Waals surface area (Å²) in [6, 6.07) is 0. The number of esters is 1. The SMILES string of the molecule is CC(C)OC(=O)Cn1nnnc1N(C)N. The Morgan fingerprint density at radius 3 is 2.87 bits per heavy atom. The summed E-state index contributed by atoms with van der Waals surface area (Å²) >= 11 is 0. The second-order valence-corrected chi connectivity index (χ2v) is 3.29. The molecule has 0 saturated carbocycles. The van der Waals surface area contributed by atoms with Gasteiger partial charge in [-0.15, -0.1) is 0 Å². The molecule has 8 heteroatoms. The first-order valence-electron chi connectivity index (χ1n) is 4.44. The minimum absolute atomic E-state index is 0.0535. The lowest BCUT2D eigenvalue weighted by atomic mass is 10.5. The number of aromatic nitrogens is 4. The summed E-state index contributed by atoms with van der Waals surface area (Å²) in [4.78, 5) is 11.3. The number of tetrazole rings is 1.